The van der Waals surface area contributed by atoms with Crippen molar-refractivity contribution in [3.63, 3.8) is 0 Å². The van der Waals surface area contributed by atoms with Crippen LogP contribution in [-0.4, -0.2) is 35.4 Å². The van der Waals surface area contributed by atoms with Gasteiger partial charge in [-0.15, -0.1) is 0 Å². The van der Waals surface area contributed by atoms with Crippen LogP contribution in [0.2, 0.25) is 0 Å². The maximum absolute atomic E-state index is 10.9. The van der Waals surface area contributed by atoms with Crippen molar-refractivity contribution in [2.24, 2.45) is 5.92 Å². The fourth-order valence-corrected chi connectivity index (χ4v) is 2.17. The molecule has 0 saturated heterocycles. The van der Waals surface area contributed by atoms with Crippen molar-refractivity contribution >= 4 is 5.91 Å². The molecule has 1 aliphatic rings. The first kappa shape index (κ1) is 12.5. The minimum Gasteiger partial charge on any atom is -0.390 e. The molecule has 2 atom stereocenters. The summed E-state index contributed by atoms with van der Waals surface area (Å²) in [5.74, 6) is 0.515. The summed E-state index contributed by atoms with van der Waals surface area (Å²) < 4.78 is 0. The molecule has 4 heteroatoms. The van der Waals surface area contributed by atoms with Gasteiger partial charge in [0.05, 0.1) is 12.2 Å². The van der Waals surface area contributed by atoms with Gasteiger partial charge in [-0.25, -0.2) is 0 Å². The normalized spacial score (nSPS) is 30.5. The third-order valence-corrected chi connectivity index (χ3v) is 3.14. The van der Waals surface area contributed by atoms with E-state index < -0.39 is 12.2 Å². The van der Waals surface area contributed by atoms with Crippen LogP contribution in [0.4, 0.5) is 0 Å². The summed E-state index contributed by atoms with van der Waals surface area (Å²) in [7, 11) is 1.64. The number of unbranched alkanes of at least 4 members (excludes halogenated alkanes) is 1. The first-order chi connectivity index (χ1) is 7.13. The van der Waals surface area contributed by atoms with E-state index in [1.54, 1.807) is 7.05 Å². The molecule has 1 saturated carbocycles. The van der Waals surface area contributed by atoms with Gasteiger partial charge in [-0.3, -0.25) is 4.79 Å². The summed E-state index contributed by atoms with van der Waals surface area (Å²) >= 11 is 0. The van der Waals surface area contributed by atoms with Gasteiger partial charge >= 0.3 is 0 Å². The minimum atomic E-state index is -0.533. The van der Waals surface area contributed by atoms with Gasteiger partial charge in [0.1, 0.15) is 0 Å². The number of rotatable bonds is 5. The summed E-state index contributed by atoms with van der Waals surface area (Å²) in [6, 6.07) is 0. The van der Waals surface area contributed by atoms with E-state index in [9.17, 15) is 15.0 Å². The average molecular weight is 215 g/mol. The molecule has 0 bridgehead atoms. The molecule has 3 N–H and O–H groups in total. The molecule has 0 radical (unpaired) electrons. The van der Waals surface area contributed by atoms with Crippen molar-refractivity contribution in [2.75, 3.05) is 7.05 Å². The number of amides is 1. The van der Waals surface area contributed by atoms with Gasteiger partial charge in [0.25, 0.3) is 0 Å². The molecule has 1 aliphatic carbocycles. The number of nitrogens with one attached hydrogen (secondary N) is 1. The first-order valence-electron chi connectivity index (χ1n) is 5.70. The molecule has 0 aromatic heterocycles. The standard InChI is InChI=1S/C11H21NO3/c1-12-11(15)5-3-2-4-8-6-9(13)10(14)7-8/h8-10,13-14H,2-7H2,1H3,(H,12,15). The molecule has 0 spiro atoms. The third-order valence-electron chi connectivity index (χ3n) is 3.14. The maximum Gasteiger partial charge on any atom is 0.219 e. The van der Waals surface area contributed by atoms with Gasteiger partial charge in [0.2, 0.25) is 5.91 Å². The van der Waals surface area contributed by atoms with Crippen LogP contribution in [0.25, 0.3) is 0 Å². The average Bonchev–Trinajstić information content (AvgIpc) is 2.53. The van der Waals surface area contributed by atoms with Crippen LogP contribution < -0.4 is 5.32 Å². The molecule has 0 aromatic carbocycles. The Morgan fingerprint density at radius 3 is 2.40 bits per heavy atom. The summed E-state index contributed by atoms with van der Waals surface area (Å²) in [6.45, 7) is 0. The Balaban J connectivity index is 2.04. The maximum atomic E-state index is 10.9. The molecule has 1 rings (SSSR count). The smallest absolute Gasteiger partial charge is 0.219 e. The van der Waals surface area contributed by atoms with Gasteiger partial charge in [-0.2, -0.15) is 0 Å². The Labute approximate surface area is 90.7 Å². The van der Waals surface area contributed by atoms with Gasteiger partial charge in [-0.1, -0.05) is 12.8 Å². The third kappa shape index (κ3) is 4.18. The van der Waals surface area contributed by atoms with Gasteiger partial charge in [0, 0.05) is 13.5 Å². The Morgan fingerprint density at radius 1 is 1.27 bits per heavy atom. The summed E-state index contributed by atoms with van der Waals surface area (Å²) in [4.78, 5) is 10.9. The van der Waals surface area contributed by atoms with Crippen molar-refractivity contribution in [3.05, 3.63) is 0 Å². The predicted molar refractivity (Wildman–Crippen MR) is 57.3 cm³/mol. The topological polar surface area (TPSA) is 69.6 Å². The SMILES string of the molecule is CNC(=O)CCCCC1CC(O)C(O)C1. The van der Waals surface area contributed by atoms with Crippen LogP contribution in [0.5, 0.6) is 0 Å². The van der Waals surface area contributed by atoms with Crippen molar-refractivity contribution in [2.45, 2.75) is 50.7 Å². The molecule has 2 unspecified atom stereocenters. The highest BCUT2D eigenvalue weighted by atomic mass is 16.3. The van der Waals surface area contributed by atoms with E-state index >= 15 is 0 Å². The second kappa shape index (κ2) is 6.08. The fraction of sp³-hybridized carbons (Fsp3) is 0.909. The number of carbonyl (C=O) groups is 1. The zero-order chi connectivity index (χ0) is 11.3. The lowest BCUT2D eigenvalue weighted by Crippen LogP contribution is -2.17. The van der Waals surface area contributed by atoms with Crippen molar-refractivity contribution < 1.29 is 15.0 Å². The van der Waals surface area contributed by atoms with E-state index in [0.717, 1.165) is 19.3 Å². The lowest BCUT2D eigenvalue weighted by molar-refractivity contribution is -0.120. The second-order valence-corrected chi connectivity index (χ2v) is 4.39. The highest BCUT2D eigenvalue weighted by molar-refractivity contribution is 5.75. The van der Waals surface area contributed by atoms with E-state index in [1.165, 1.54) is 0 Å². The van der Waals surface area contributed by atoms with E-state index in [2.05, 4.69) is 5.32 Å². The number of aliphatic hydroxyl groups excluding tert-OH is 2. The van der Waals surface area contributed by atoms with Gasteiger partial charge in [-0.05, 0) is 25.2 Å². The van der Waals surface area contributed by atoms with E-state index in [-0.39, 0.29) is 5.91 Å². The lowest BCUT2D eigenvalue weighted by atomic mass is 9.99. The Hall–Kier alpha value is -0.610. The molecular formula is C11H21NO3. The van der Waals surface area contributed by atoms with Crippen LogP contribution in [0, 0.1) is 5.92 Å². The molecular weight excluding hydrogens is 194 g/mol. The lowest BCUT2D eigenvalue weighted by Gasteiger charge is -2.07. The molecule has 1 fully saturated rings. The number of aliphatic hydroxyl groups is 2. The fourth-order valence-electron chi connectivity index (χ4n) is 2.17. The quantitative estimate of drug-likeness (QED) is 0.582. The van der Waals surface area contributed by atoms with E-state index in [0.29, 0.717) is 25.2 Å². The Kier molecular flexibility index (Phi) is 5.05. The van der Waals surface area contributed by atoms with Gasteiger partial charge in [0.15, 0.2) is 0 Å². The highest BCUT2D eigenvalue weighted by Crippen LogP contribution is 2.30. The van der Waals surface area contributed by atoms with Crippen LogP contribution >= 0.6 is 0 Å². The zero-order valence-electron chi connectivity index (χ0n) is 9.28. The van der Waals surface area contributed by atoms with Crippen LogP contribution in [-0.2, 0) is 4.79 Å². The summed E-state index contributed by atoms with van der Waals surface area (Å²) in [5, 5.41) is 21.3. The van der Waals surface area contributed by atoms with Crippen molar-refractivity contribution in [3.8, 4) is 0 Å². The zero-order valence-corrected chi connectivity index (χ0v) is 9.28. The molecule has 15 heavy (non-hydrogen) atoms. The molecule has 4 nitrogen and oxygen atoms in total. The molecule has 0 heterocycles. The van der Waals surface area contributed by atoms with Gasteiger partial charge < -0.3 is 15.5 Å². The van der Waals surface area contributed by atoms with E-state index in [4.69, 9.17) is 0 Å². The predicted octanol–water partition coefficient (Wildman–Crippen LogP) is 0.425. The first-order valence-corrected chi connectivity index (χ1v) is 5.70. The number of hydrogen-bond acceptors (Lipinski definition) is 3. The molecule has 0 aliphatic heterocycles. The second-order valence-electron chi connectivity index (χ2n) is 4.39. The molecule has 0 aromatic rings. The minimum absolute atomic E-state index is 0.0847. The van der Waals surface area contributed by atoms with Crippen LogP contribution in [0.15, 0.2) is 0 Å². The van der Waals surface area contributed by atoms with E-state index in [1.807, 2.05) is 0 Å². The number of carbonyl (C=O) groups excluding carboxylic acids is 1. The molecule has 88 valence electrons. The van der Waals surface area contributed by atoms with Crippen LogP contribution in [0.1, 0.15) is 38.5 Å². The Morgan fingerprint density at radius 2 is 1.87 bits per heavy atom. The summed E-state index contributed by atoms with van der Waals surface area (Å²) in [5.41, 5.74) is 0. The highest BCUT2D eigenvalue weighted by Gasteiger charge is 2.30. The summed E-state index contributed by atoms with van der Waals surface area (Å²) in [6.07, 6.45) is 3.82. The Bertz CT molecular complexity index is 198. The monoisotopic (exact) mass is 215 g/mol. The van der Waals surface area contributed by atoms with Crippen molar-refractivity contribution in [1.82, 2.24) is 5.32 Å². The largest absolute Gasteiger partial charge is 0.390 e. The van der Waals surface area contributed by atoms with Crippen LogP contribution in [0.3, 0.4) is 0 Å². The van der Waals surface area contributed by atoms with Crippen molar-refractivity contribution in [1.29, 1.82) is 0 Å². The molecule has 1 amide bonds. The number of hydrogen-bond donors (Lipinski definition) is 3.